The van der Waals surface area contributed by atoms with Crippen molar-refractivity contribution in [2.75, 3.05) is 0 Å². The molecule has 0 aliphatic carbocycles. The summed E-state index contributed by atoms with van der Waals surface area (Å²) in [6, 6.07) is 28.2. The highest BCUT2D eigenvalue weighted by atomic mass is 16.5. The second-order valence-electron chi connectivity index (χ2n) is 5.33. The van der Waals surface area contributed by atoms with Crippen molar-refractivity contribution in [3.05, 3.63) is 108 Å². The Morgan fingerprint density at radius 1 is 0.680 bits per heavy atom. The van der Waals surface area contributed by atoms with Gasteiger partial charge < -0.3 is 4.74 Å². The van der Waals surface area contributed by atoms with E-state index in [2.05, 4.69) is 0 Å². The molecule has 0 aliphatic heterocycles. The first-order valence-electron chi connectivity index (χ1n) is 7.99. The van der Waals surface area contributed by atoms with Crippen LogP contribution in [0.1, 0.15) is 28.4 Å². The van der Waals surface area contributed by atoms with Crippen molar-refractivity contribution in [2.45, 2.75) is 13.5 Å². The van der Waals surface area contributed by atoms with Crippen molar-refractivity contribution in [3.8, 4) is 0 Å². The van der Waals surface area contributed by atoms with Gasteiger partial charge in [-0.3, -0.25) is 9.59 Å². The van der Waals surface area contributed by atoms with Crippen molar-refractivity contribution in [3.63, 3.8) is 0 Å². The molecule has 0 aliphatic rings. The van der Waals surface area contributed by atoms with Crippen LogP contribution in [0.15, 0.2) is 91.0 Å². The first kappa shape index (κ1) is 18.1. The standard InChI is InChI=1S/C13H10O.C9H10O2/c14-13(11-7-3-1-4-8-11)12-9-5-2-6-10-12;1-8(10)11-7-9-5-3-2-4-6-9/h1-10H;2-6H,7H2,1H3. The predicted octanol–water partition coefficient (Wildman–Crippen LogP) is 4.67. The van der Waals surface area contributed by atoms with Gasteiger partial charge in [-0.2, -0.15) is 0 Å². The third-order valence-corrected chi connectivity index (χ3v) is 3.36. The fraction of sp³-hybridized carbons (Fsp3) is 0.0909. The van der Waals surface area contributed by atoms with Gasteiger partial charge in [0.2, 0.25) is 0 Å². The summed E-state index contributed by atoms with van der Waals surface area (Å²) < 4.78 is 4.79. The van der Waals surface area contributed by atoms with Gasteiger partial charge in [0.05, 0.1) is 0 Å². The third kappa shape index (κ3) is 6.43. The van der Waals surface area contributed by atoms with Crippen LogP contribution in [0.2, 0.25) is 0 Å². The largest absolute Gasteiger partial charge is 0.461 e. The highest BCUT2D eigenvalue weighted by Gasteiger charge is 2.06. The third-order valence-electron chi connectivity index (χ3n) is 3.36. The highest BCUT2D eigenvalue weighted by molar-refractivity contribution is 6.08. The molecule has 126 valence electrons. The number of ketones is 1. The number of ether oxygens (including phenoxy) is 1. The Labute approximate surface area is 147 Å². The number of hydrogen-bond acceptors (Lipinski definition) is 3. The molecule has 0 spiro atoms. The molecule has 0 amide bonds. The molecule has 3 rings (SSSR count). The average Bonchev–Trinajstić information content (AvgIpc) is 2.68. The van der Waals surface area contributed by atoms with Crippen LogP contribution in [0.4, 0.5) is 0 Å². The summed E-state index contributed by atoms with van der Waals surface area (Å²) in [6.07, 6.45) is 0. The van der Waals surface area contributed by atoms with Crippen LogP contribution in [0.5, 0.6) is 0 Å². The Balaban J connectivity index is 0.000000186. The number of rotatable bonds is 4. The van der Waals surface area contributed by atoms with E-state index < -0.39 is 0 Å². The van der Waals surface area contributed by atoms with Crippen LogP contribution in [-0.4, -0.2) is 11.8 Å². The van der Waals surface area contributed by atoms with Crippen molar-refractivity contribution in [2.24, 2.45) is 0 Å². The molecule has 0 radical (unpaired) electrons. The Kier molecular flexibility index (Phi) is 7.13. The summed E-state index contributed by atoms with van der Waals surface area (Å²) in [5, 5.41) is 0. The van der Waals surface area contributed by atoms with Crippen molar-refractivity contribution >= 4 is 11.8 Å². The van der Waals surface area contributed by atoms with Gasteiger partial charge in [-0.15, -0.1) is 0 Å². The Bertz CT molecular complexity index is 740. The van der Waals surface area contributed by atoms with Gasteiger partial charge in [-0.05, 0) is 5.56 Å². The zero-order chi connectivity index (χ0) is 17.9. The highest BCUT2D eigenvalue weighted by Crippen LogP contribution is 2.08. The monoisotopic (exact) mass is 332 g/mol. The van der Waals surface area contributed by atoms with E-state index in [1.54, 1.807) is 0 Å². The summed E-state index contributed by atoms with van der Waals surface area (Å²) in [6.45, 7) is 1.78. The number of hydrogen-bond donors (Lipinski definition) is 0. The maximum absolute atomic E-state index is 11.8. The SMILES string of the molecule is CC(=O)OCc1ccccc1.O=C(c1ccccc1)c1ccccc1. The second-order valence-corrected chi connectivity index (χ2v) is 5.33. The molecule has 0 bridgehead atoms. The molecule has 0 aromatic heterocycles. The molecule has 0 saturated carbocycles. The van der Waals surface area contributed by atoms with Gasteiger partial charge in [0, 0.05) is 18.1 Å². The van der Waals surface area contributed by atoms with E-state index in [9.17, 15) is 9.59 Å². The van der Waals surface area contributed by atoms with Crippen LogP contribution in [0.25, 0.3) is 0 Å². The van der Waals surface area contributed by atoms with Crippen LogP contribution in [0, 0.1) is 0 Å². The lowest BCUT2D eigenvalue weighted by molar-refractivity contribution is -0.142. The van der Waals surface area contributed by atoms with Gasteiger partial charge in [-0.25, -0.2) is 0 Å². The molecule has 3 aromatic carbocycles. The van der Waals surface area contributed by atoms with Crippen LogP contribution in [0.3, 0.4) is 0 Å². The molecular formula is C22H20O3. The van der Waals surface area contributed by atoms with Crippen molar-refractivity contribution in [1.82, 2.24) is 0 Å². The number of esters is 1. The van der Waals surface area contributed by atoms with Gasteiger partial charge in [0.25, 0.3) is 0 Å². The predicted molar refractivity (Wildman–Crippen MR) is 98.2 cm³/mol. The molecule has 0 heterocycles. The Hall–Kier alpha value is -3.20. The lowest BCUT2D eigenvalue weighted by Crippen LogP contribution is -1.99. The van der Waals surface area contributed by atoms with E-state index in [0.717, 1.165) is 16.7 Å². The number of carbonyl (C=O) groups is 2. The van der Waals surface area contributed by atoms with Crippen LogP contribution >= 0.6 is 0 Å². The fourth-order valence-corrected chi connectivity index (χ4v) is 2.10. The molecule has 0 unspecified atom stereocenters. The Morgan fingerprint density at radius 2 is 1.08 bits per heavy atom. The van der Waals surface area contributed by atoms with Crippen LogP contribution in [-0.2, 0) is 16.1 Å². The molecule has 0 fully saturated rings. The summed E-state index contributed by atoms with van der Waals surface area (Å²) in [7, 11) is 0. The average molecular weight is 332 g/mol. The fourth-order valence-electron chi connectivity index (χ4n) is 2.10. The van der Waals surface area contributed by atoms with E-state index in [1.807, 2.05) is 91.0 Å². The van der Waals surface area contributed by atoms with Crippen LogP contribution < -0.4 is 0 Å². The molecule has 25 heavy (non-hydrogen) atoms. The lowest BCUT2D eigenvalue weighted by atomic mass is 10.0. The van der Waals surface area contributed by atoms with Gasteiger partial charge in [-0.1, -0.05) is 91.0 Å². The van der Waals surface area contributed by atoms with Crippen molar-refractivity contribution < 1.29 is 14.3 Å². The normalized spacial score (nSPS) is 9.48. The molecule has 3 nitrogen and oxygen atoms in total. The summed E-state index contributed by atoms with van der Waals surface area (Å²) in [5.41, 5.74) is 2.49. The Morgan fingerprint density at radius 3 is 1.48 bits per heavy atom. The lowest BCUT2D eigenvalue weighted by Gasteiger charge is -1.99. The quantitative estimate of drug-likeness (QED) is 0.515. The van der Waals surface area contributed by atoms with Gasteiger partial charge >= 0.3 is 5.97 Å². The van der Waals surface area contributed by atoms with E-state index in [1.165, 1.54) is 6.92 Å². The molecular weight excluding hydrogens is 312 g/mol. The molecule has 0 N–H and O–H groups in total. The summed E-state index contributed by atoms with van der Waals surface area (Å²) in [4.78, 5) is 22.2. The smallest absolute Gasteiger partial charge is 0.302 e. The minimum absolute atomic E-state index is 0.0752. The first-order chi connectivity index (χ1) is 12.2. The van der Waals surface area contributed by atoms with Gasteiger partial charge in [0.15, 0.2) is 5.78 Å². The van der Waals surface area contributed by atoms with Crippen molar-refractivity contribution in [1.29, 1.82) is 0 Å². The maximum Gasteiger partial charge on any atom is 0.302 e. The number of benzene rings is 3. The second kappa shape index (κ2) is 9.83. The minimum atomic E-state index is -0.242. The number of carbonyl (C=O) groups excluding carboxylic acids is 2. The van der Waals surface area contributed by atoms with E-state index >= 15 is 0 Å². The topological polar surface area (TPSA) is 43.4 Å². The minimum Gasteiger partial charge on any atom is -0.461 e. The molecule has 0 saturated heterocycles. The van der Waals surface area contributed by atoms with E-state index in [-0.39, 0.29) is 11.8 Å². The zero-order valence-corrected chi connectivity index (χ0v) is 14.1. The molecule has 3 aromatic rings. The first-order valence-corrected chi connectivity index (χ1v) is 7.99. The van der Waals surface area contributed by atoms with E-state index in [0.29, 0.717) is 6.61 Å². The molecule has 0 atom stereocenters. The maximum atomic E-state index is 11.8. The molecule has 3 heteroatoms. The van der Waals surface area contributed by atoms with E-state index in [4.69, 9.17) is 4.74 Å². The zero-order valence-electron chi connectivity index (χ0n) is 14.1. The summed E-state index contributed by atoms with van der Waals surface area (Å²) in [5.74, 6) is -0.167. The van der Waals surface area contributed by atoms with Gasteiger partial charge in [0.1, 0.15) is 6.61 Å². The summed E-state index contributed by atoms with van der Waals surface area (Å²) >= 11 is 0.